The van der Waals surface area contributed by atoms with Crippen LogP contribution in [-0.2, 0) is 9.47 Å². The minimum absolute atomic E-state index is 0.213. The molecule has 0 bridgehead atoms. The van der Waals surface area contributed by atoms with E-state index in [1.54, 1.807) is 0 Å². The highest BCUT2D eigenvalue weighted by atomic mass is 16.5. The second kappa shape index (κ2) is 9.80. The molecule has 0 atom stereocenters. The molecule has 0 amide bonds. The second-order valence-electron chi connectivity index (χ2n) is 6.19. The molecule has 0 fully saturated rings. The van der Waals surface area contributed by atoms with E-state index in [2.05, 4.69) is 27.7 Å². The van der Waals surface area contributed by atoms with Gasteiger partial charge in [-0.25, -0.2) is 0 Å². The topological polar surface area (TPSA) is 18.5 Å². The van der Waals surface area contributed by atoms with Gasteiger partial charge in [0.2, 0.25) is 0 Å². The SMILES string of the molecule is CCC(CC)CC(CCC(C)C)(COC)COC. The van der Waals surface area contributed by atoms with Gasteiger partial charge in [0.05, 0.1) is 13.2 Å². The molecule has 0 aromatic carbocycles. The summed E-state index contributed by atoms with van der Waals surface area (Å²) in [6.07, 6.45) is 6.21. The maximum absolute atomic E-state index is 5.50. The first kappa shape index (κ1) is 17.9. The fourth-order valence-corrected chi connectivity index (χ4v) is 2.80. The van der Waals surface area contributed by atoms with E-state index < -0.39 is 0 Å². The normalized spacial score (nSPS) is 12.7. The van der Waals surface area contributed by atoms with Crippen molar-refractivity contribution in [2.45, 2.75) is 59.8 Å². The molecule has 110 valence electrons. The standard InChI is InChI=1S/C16H34O2/c1-7-15(8-2)11-16(12-17-5,13-18-6)10-9-14(3)4/h14-15H,7-13H2,1-6H3. The summed E-state index contributed by atoms with van der Waals surface area (Å²) in [5.41, 5.74) is 0.213. The summed E-state index contributed by atoms with van der Waals surface area (Å²) in [6.45, 7) is 10.8. The minimum atomic E-state index is 0.213. The summed E-state index contributed by atoms with van der Waals surface area (Å²) in [4.78, 5) is 0. The van der Waals surface area contributed by atoms with E-state index in [4.69, 9.17) is 9.47 Å². The van der Waals surface area contributed by atoms with Crippen molar-refractivity contribution >= 4 is 0 Å². The van der Waals surface area contributed by atoms with E-state index in [1.165, 1.54) is 32.1 Å². The maximum Gasteiger partial charge on any atom is 0.0540 e. The minimum Gasteiger partial charge on any atom is -0.384 e. The van der Waals surface area contributed by atoms with E-state index in [0.29, 0.717) is 0 Å². The zero-order valence-corrected chi connectivity index (χ0v) is 13.4. The van der Waals surface area contributed by atoms with Crippen LogP contribution in [0.2, 0.25) is 0 Å². The third kappa shape index (κ3) is 6.75. The molecule has 0 radical (unpaired) electrons. The smallest absolute Gasteiger partial charge is 0.0540 e. The summed E-state index contributed by atoms with van der Waals surface area (Å²) in [7, 11) is 3.62. The molecule has 0 spiro atoms. The monoisotopic (exact) mass is 258 g/mol. The molecule has 0 heterocycles. The lowest BCUT2D eigenvalue weighted by molar-refractivity contribution is -0.0153. The van der Waals surface area contributed by atoms with Gasteiger partial charge in [0.25, 0.3) is 0 Å². The quantitative estimate of drug-likeness (QED) is 0.542. The van der Waals surface area contributed by atoms with Gasteiger partial charge in [-0.1, -0.05) is 47.0 Å². The Hall–Kier alpha value is -0.0800. The predicted octanol–water partition coefficient (Wildman–Crippen LogP) is 4.53. The van der Waals surface area contributed by atoms with Gasteiger partial charge in [0, 0.05) is 19.6 Å². The molecule has 2 heteroatoms. The number of hydrogen-bond acceptors (Lipinski definition) is 2. The molecule has 0 aliphatic rings. The molecule has 2 nitrogen and oxygen atoms in total. The number of rotatable bonds is 11. The Labute approximate surface area is 114 Å². The Morgan fingerprint density at radius 1 is 0.944 bits per heavy atom. The lowest BCUT2D eigenvalue weighted by atomic mass is 9.74. The lowest BCUT2D eigenvalue weighted by Gasteiger charge is -2.36. The Bertz CT molecular complexity index is 180. The first-order chi connectivity index (χ1) is 8.53. The van der Waals surface area contributed by atoms with Crippen LogP contribution >= 0.6 is 0 Å². The van der Waals surface area contributed by atoms with Crippen molar-refractivity contribution in [2.24, 2.45) is 17.3 Å². The van der Waals surface area contributed by atoms with Crippen LogP contribution in [0.3, 0.4) is 0 Å². The average molecular weight is 258 g/mol. The van der Waals surface area contributed by atoms with E-state index in [-0.39, 0.29) is 5.41 Å². The molecule has 0 aliphatic heterocycles. The van der Waals surface area contributed by atoms with Crippen molar-refractivity contribution in [3.63, 3.8) is 0 Å². The highest BCUT2D eigenvalue weighted by Gasteiger charge is 2.32. The highest BCUT2D eigenvalue weighted by molar-refractivity contribution is 4.82. The average Bonchev–Trinajstić information content (AvgIpc) is 2.34. The van der Waals surface area contributed by atoms with Crippen molar-refractivity contribution in [1.29, 1.82) is 0 Å². The Kier molecular flexibility index (Phi) is 9.76. The molecule has 18 heavy (non-hydrogen) atoms. The van der Waals surface area contributed by atoms with Gasteiger partial charge < -0.3 is 9.47 Å². The van der Waals surface area contributed by atoms with Gasteiger partial charge in [0.15, 0.2) is 0 Å². The summed E-state index contributed by atoms with van der Waals surface area (Å²) in [5, 5.41) is 0. The zero-order valence-electron chi connectivity index (χ0n) is 13.4. The molecule has 0 N–H and O–H groups in total. The first-order valence-electron chi connectivity index (χ1n) is 7.51. The summed E-state index contributed by atoms with van der Waals surface area (Å²) in [6, 6.07) is 0. The van der Waals surface area contributed by atoms with Crippen LogP contribution in [0.5, 0.6) is 0 Å². The molecule has 0 aromatic rings. The summed E-state index contributed by atoms with van der Waals surface area (Å²) < 4.78 is 11.0. The van der Waals surface area contributed by atoms with E-state index >= 15 is 0 Å². The lowest BCUT2D eigenvalue weighted by Crippen LogP contribution is -2.34. The highest BCUT2D eigenvalue weighted by Crippen LogP contribution is 2.36. The maximum atomic E-state index is 5.50. The Morgan fingerprint density at radius 2 is 1.44 bits per heavy atom. The molecule has 0 rings (SSSR count). The van der Waals surface area contributed by atoms with Crippen molar-refractivity contribution in [2.75, 3.05) is 27.4 Å². The largest absolute Gasteiger partial charge is 0.384 e. The number of ether oxygens (including phenoxy) is 2. The summed E-state index contributed by atoms with van der Waals surface area (Å²) in [5.74, 6) is 1.54. The van der Waals surface area contributed by atoms with Gasteiger partial charge in [-0.15, -0.1) is 0 Å². The molecular weight excluding hydrogens is 224 g/mol. The number of hydrogen-bond donors (Lipinski definition) is 0. The first-order valence-corrected chi connectivity index (χ1v) is 7.51. The van der Waals surface area contributed by atoms with Crippen LogP contribution in [0.4, 0.5) is 0 Å². The van der Waals surface area contributed by atoms with Crippen LogP contribution in [0.25, 0.3) is 0 Å². The van der Waals surface area contributed by atoms with Gasteiger partial charge >= 0.3 is 0 Å². The Balaban J connectivity index is 4.70. The van der Waals surface area contributed by atoms with E-state index in [1.807, 2.05) is 14.2 Å². The summed E-state index contributed by atoms with van der Waals surface area (Å²) >= 11 is 0. The molecule has 0 saturated carbocycles. The van der Waals surface area contributed by atoms with Crippen LogP contribution in [0.1, 0.15) is 59.8 Å². The predicted molar refractivity (Wildman–Crippen MR) is 78.9 cm³/mol. The molecule has 0 aromatic heterocycles. The Morgan fingerprint density at radius 3 is 1.78 bits per heavy atom. The van der Waals surface area contributed by atoms with Crippen molar-refractivity contribution < 1.29 is 9.47 Å². The molecular formula is C16H34O2. The fourth-order valence-electron chi connectivity index (χ4n) is 2.80. The van der Waals surface area contributed by atoms with Gasteiger partial charge in [-0.05, 0) is 24.7 Å². The van der Waals surface area contributed by atoms with Gasteiger partial charge in [-0.3, -0.25) is 0 Å². The van der Waals surface area contributed by atoms with E-state index in [9.17, 15) is 0 Å². The third-order valence-corrected chi connectivity index (χ3v) is 4.03. The number of methoxy groups -OCH3 is 2. The van der Waals surface area contributed by atoms with Crippen LogP contribution in [0.15, 0.2) is 0 Å². The molecule has 0 aliphatic carbocycles. The molecule has 0 saturated heterocycles. The third-order valence-electron chi connectivity index (χ3n) is 4.03. The molecule has 0 unspecified atom stereocenters. The van der Waals surface area contributed by atoms with Crippen LogP contribution in [0, 0.1) is 17.3 Å². The van der Waals surface area contributed by atoms with E-state index in [0.717, 1.165) is 25.0 Å². The van der Waals surface area contributed by atoms with Gasteiger partial charge in [-0.2, -0.15) is 0 Å². The van der Waals surface area contributed by atoms with Gasteiger partial charge in [0.1, 0.15) is 0 Å². The second-order valence-corrected chi connectivity index (χ2v) is 6.19. The van der Waals surface area contributed by atoms with Crippen LogP contribution < -0.4 is 0 Å². The fraction of sp³-hybridized carbons (Fsp3) is 1.00. The van der Waals surface area contributed by atoms with Crippen molar-refractivity contribution in [3.8, 4) is 0 Å². The van der Waals surface area contributed by atoms with Crippen molar-refractivity contribution in [3.05, 3.63) is 0 Å². The van der Waals surface area contributed by atoms with Crippen molar-refractivity contribution in [1.82, 2.24) is 0 Å². The van der Waals surface area contributed by atoms with Crippen LogP contribution in [-0.4, -0.2) is 27.4 Å². The zero-order chi connectivity index (χ0) is 14.0.